The smallest absolute Gasteiger partial charge is 0.190 e. The van der Waals surface area contributed by atoms with Crippen LogP contribution in [0.3, 0.4) is 0 Å². The molecule has 19 heavy (non-hydrogen) atoms. The van der Waals surface area contributed by atoms with Gasteiger partial charge in [-0.05, 0) is 37.0 Å². The molecule has 1 saturated carbocycles. The highest BCUT2D eigenvalue weighted by molar-refractivity contribution is 6.35. The van der Waals surface area contributed by atoms with Crippen LogP contribution in [0.5, 0.6) is 0 Å². The van der Waals surface area contributed by atoms with Crippen molar-refractivity contribution >= 4 is 29.0 Å². The van der Waals surface area contributed by atoms with Crippen molar-refractivity contribution < 1.29 is 9.53 Å². The van der Waals surface area contributed by atoms with Gasteiger partial charge in [-0.3, -0.25) is 4.79 Å². The number of rotatable bonds is 4. The van der Waals surface area contributed by atoms with Gasteiger partial charge in [0.15, 0.2) is 5.78 Å². The Morgan fingerprint density at radius 2 is 2.05 bits per heavy atom. The molecule has 0 saturated heterocycles. The van der Waals surface area contributed by atoms with Crippen LogP contribution >= 0.6 is 23.2 Å². The Bertz CT molecular complexity index is 459. The summed E-state index contributed by atoms with van der Waals surface area (Å²) in [6, 6.07) is 4.91. The molecular weight excluding hydrogens is 283 g/mol. The third-order valence-corrected chi connectivity index (χ3v) is 4.25. The Hall–Kier alpha value is -0.570. The summed E-state index contributed by atoms with van der Waals surface area (Å²) in [6.45, 7) is 2.26. The zero-order valence-corrected chi connectivity index (χ0v) is 12.5. The molecule has 2 unspecified atom stereocenters. The molecule has 1 aromatic rings. The fourth-order valence-electron chi connectivity index (χ4n) is 2.50. The lowest BCUT2D eigenvalue weighted by Crippen LogP contribution is -2.28. The number of ether oxygens (including phenoxy) is 1. The van der Waals surface area contributed by atoms with Crippen molar-refractivity contribution in [1.82, 2.24) is 0 Å². The summed E-state index contributed by atoms with van der Waals surface area (Å²) in [5, 5.41) is 0.938. The lowest BCUT2D eigenvalue weighted by atomic mass is 9.88. The van der Waals surface area contributed by atoms with Gasteiger partial charge in [0.2, 0.25) is 0 Å². The molecular formula is C15H18Cl2O2. The van der Waals surface area contributed by atoms with Crippen LogP contribution in [0, 0.1) is 5.92 Å². The molecule has 0 bridgehead atoms. The van der Waals surface area contributed by atoms with E-state index in [-0.39, 0.29) is 18.5 Å². The van der Waals surface area contributed by atoms with E-state index < -0.39 is 0 Å². The van der Waals surface area contributed by atoms with Crippen LogP contribution < -0.4 is 0 Å². The average Bonchev–Trinajstić information content (AvgIpc) is 2.40. The molecule has 0 heterocycles. The second-order valence-corrected chi connectivity index (χ2v) is 6.00. The molecule has 0 spiro atoms. The predicted octanol–water partition coefficient (Wildman–Crippen LogP) is 4.77. The van der Waals surface area contributed by atoms with Crippen LogP contribution in [-0.4, -0.2) is 18.5 Å². The molecule has 0 radical (unpaired) electrons. The molecule has 1 aromatic carbocycles. The zero-order valence-electron chi connectivity index (χ0n) is 11.0. The van der Waals surface area contributed by atoms with E-state index in [2.05, 4.69) is 6.92 Å². The number of hydrogen-bond donors (Lipinski definition) is 0. The zero-order chi connectivity index (χ0) is 13.8. The highest BCUT2D eigenvalue weighted by atomic mass is 35.5. The highest BCUT2D eigenvalue weighted by Gasteiger charge is 2.23. The van der Waals surface area contributed by atoms with Gasteiger partial charge < -0.3 is 4.74 Å². The second kappa shape index (κ2) is 6.74. The van der Waals surface area contributed by atoms with Crippen LogP contribution in [0.25, 0.3) is 0 Å². The molecule has 4 heteroatoms. The van der Waals surface area contributed by atoms with Gasteiger partial charge in [0.1, 0.15) is 6.61 Å². The van der Waals surface area contributed by atoms with Crippen molar-refractivity contribution in [3.05, 3.63) is 33.8 Å². The molecule has 1 aliphatic carbocycles. The minimum Gasteiger partial charge on any atom is -0.370 e. The molecule has 2 rings (SSSR count). The minimum absolute atomic E-state index is 0.0784. The first-order valence-electron chi connectivity index (χ1n) is 6.68. The summed E-state index contributed by atoms with van der Waals surface area (Å²) in [5.41, 5.74) is 0.442. The van der Waals surface area contributed by atoms with E-state index in [1.54, 1.807) is 18.2 Å². The third-order valence-electron chi connectivity index (χ3n) is 3.69. The summed E-state index contributed by atoms with van der Waals surface area (Å²) in [5.74, 6) is 0.418. The van der Waals surface area contributed by atoms with Gasteiger partial charge in [0.05, 0.1) is 11.1 Å². The van der Waals surface area contributed by atoms with Gasteiger partial charge in [0, 0.05) is 10.6 Å². The molecule has 0 aliphatic heterocycles. The maximum atomic E-state index is 12.1. The van der Waals surface area contributed by atoms with E-state index in [1.807, 2.05) is 0 Å². The highest BCUT2D eigenvalue weighted by Crippen LogP contribution is 2.27. The standard InChI is InChI=1S/C15H18Cl2O2/c1-10-4-2-3-5-15(10)19-9-14(18)12-8-11(16)6-7-13(12)17/h6-8,10,15H,2-5,9H2,1H3. The summed E-state index contributed by atoms with van der Waals surface area (Å²) in [6.07, 6.45) is 4.85. The van der Waals surface area contributed by atoms with Crippen molar-refractivity contribution in [2.45, 2.75) is 38.7 Å². The van der Waals surface area contributed by atoms with Crippen molar-refractivity contribution in [2.24, 2.45) is 5.92 Å². The van der Waals surface area contributed by atoms with Gasteiger partial charge in [-0.15, -0.1) is 0 Å². The topological polar surface area (TPSA) is 26.3 Å². The Labute approximate surface area is 124 Å². The van der Waals surface area contributed by atoms with E-state index in [0.717, 1.165) is 6.42 Å². The number of carbonyl (C=O) groups is 1. The average molecular weight is 301 g/mol. The Morgan fingerprint density at radius 1 is 1.32 bits per heavy atom. The fourth-order valence-corrected chi connectivity index (χ4v) is 2.90. The monoisotopic (exact) mass is 300 g/mol. The van der Waals surface area contributed by atoms with E-state index >= 15 is 0 Å². The molecule has 1 fully saturated rings. The van der Waals surface area contributed by atoms with Crippen LogP contribution in [-0.2, 0) is 4.74 Å². The number of ketones is 1. The fraction of sp³-hybridized carbons (Fsp3) is 0.533. The predicted molar refractivity (Wildman–Crippen MR) is 78.2 cm³/mol. The summed E-state index contributed by atoms with van der Waals surface area (Å²) in [4.78, 5) is 12.1. The summed E-state index contributed by atoms with van der Waals surface area (Å²) >= 11 is 11.9. The van der Waals surface area contributed by atoms with Crippen LogP contribution in [0.1, 0.15) is 43.0 Å². The quantitative estimate of drug-likeness (QED) is 0.749. The van der Waals surface area contributed by atoms with Crippen LogP contribution in [0.2, 0.25) is 10.0 Å². The molecule has 104 valence electrons. The lowest BCUT2D eigenvalue weighted by Gasteiger charge is -2.28. The van der Waals surface area contributed by atoms with E-state index in [9.17, 15) is 4.79 Å². The minimum atomic E-state index is -0.106. The van der Waals surface area contributed by atoms with Crippen LogP contribution in [0.4, 0.5) is 0 Å². The maximum absolute atomic E-state index is 12.1. The van der Waals surface area contributed by atoms with Gasteiger partial charge >= 0.3 is 0 Å². The Morgan fingerprint density at radius 3 is 2.79 bits per heavy atom. The van der Waals surface area contributed by atoms with Crippen molar-refractivity contribution in [3.8, 4) is 0 Å². The van der Waals surface area contributed by atoms with Gasteiger partial charge in [-0.2, -0.15) is 0 Å². The van der Waals surface area contributed by atoms with Gasteiger partial charge in [-0.25, -0.2) is 0 Å². The first-order chi connectivity index (χ1) is 9.08. The first kappa shape index (κ1) is 14.8. The number of benzene rings is 1. The van der Waals surface area contributed by atoms with Crippen molar-refractivity contribution in [2.75, 3.05) is 6.61 Å². The molecule has 0 N–H and O–H groups in total. The number of carbonyl (C=O) groups excluding carboxylic acids is 1. The van der Waals surface area contributed by atoms with E-state index in [0.29, 0.717) is 21.5 Å². The Kier molecular flexibility index (Phi) is 5.26. The van der Waals surface area contributed by atoms with Gasteiger partial charge in [-0.1, -0.05) is 43.0 Å². The maximum Gasteiger partial charge on any atom is 0.190 e. The second-order valence-electron chi connectivity index (χ2n) is 5.16. The molecule has 0 amide bonds. The number of halogens is 2. The largest absolute Gasteiger partial charge is 0.370 e. The molecule has 1 aliphatic rings. The Balaban J connectivity index is 1.95. The normalized spacial score (nSPS) is 23.3. The molecule has 2 nitrogen and oxygen atoms in total. The summed E-state index contributed by atoms with van der Waals surface area (Å²) in [7, 11) is 0. The van der Waals surface area contributed by atoms with Crippen molar-refractivity contribution in [1.29, 1.82) is 0 Å². The van der Waals surface area contributed by atoms with Crippen LogP contribution in [0.15, 0.2) is 18.2 Å². The lowest BCUT2D eigenvalue weighted by molar-refractivity contribution is 0.000754. The summed E-state index contributed by atoms with van der Waals surface area (Å²) < 4.78 is 5.76. The third kappa shape index (κ3) is 3.95. The van der Waals surface area contributed by atoms with Crippen molar-refractivity contribution in [3.63, 3.8) is 0 Å². The number of Topliss-reactive ketones (excluding diaryl/α,β-unsaturated/α-hetero) is 1. The van der Waals surface area contributed by atoms with Gasteiger partial charge in [0.25, 0.3) is 0 Å². The first-order valence-corrected chi connectivity index (χ1v) is 7.43. The molecule has 2 atom stereocenters. The molecule has 0 aromatic heterocycles. The van der Waals surface area contributed by atoms with E-state index in [4.69, 9.17) is 27.9 Å². The van der Waals surface area contributed by atoms with E-state index in [1.165, 1.54) is 19.3 Å². The SMILES string of the molecule is CC1CCCCC1OCC(=O)c1cc(Cl)ccc1Cl. The number of hydrogen-bond acceptors (Lipinski definition) is 2.